The zero-order valence-corrected chi connectivity index (χ0v) is 23.7. The van der Waals surface area contributed by atoms with Gasteiger partial charge in [-0.15, -0.1) is 11.3 Å². The Morgan fingerprint density at radius 1 is 0.535 bits per heavy atom. The largest absolute Gasteiger partial charge is 0.308 e. The highest BCUT2D eigenvalue weighted by molar-refractivity contribution is 7.21. The third kappa shape index (κ3) is 3.45. The molecule has 0 bridgehead atoms. The first kappa shape index (κ1) is 24.0. The van der Waals surface area contributed by atoms with Gasteiger partial charge in [0.15, 0.2) is 0 Å². The topological polar surface area (TPSA) is 46.5 Å². The molecule has 3 heterocycles. The third-order valence-electron chi connectivity index (χ3n) is 8.39. The van der Waals surface area contributed by atoms with Crippen molar-refractivity contribution in [2.45, 2.75) is 0 Å². The van der Waals surface area contributed by atoms with Crippen molar-refractivity contribution in [3.63, 3.8) is 0 Å². The van der Waals surface area contributed by atoms with Crippen molar-refractivity contribution in [3.05, 3.63) is 139 Å². The lowest BCUT2D eigenvalue weighted by Gasteiger charge is -2.17. The van der Waals surface area contributed by atoms with E-state index in [1.54, 1.807) is 11.3 Å². The van der Waals surface area contributed by atoms with Crippen molar-refractivity contribution in [1.29, 1.82) is 5.26 Å². The molecule has 9 rings (SSSR count). The van der Waals surface area contributed by atoms with Crippen molar-refractivity contribution in [2.75, 3.05) is 0 Å². The number of benzene rings is 6. The van der Waals surface area contributed by atoms with E-state index in [4.69, 9.17) is 4.98 Å². The molecule has 0 aliphatic rings. The maximum atomic E-state index is 11.0. The van der Waals surface area contributed by atoms with Crippen LogP contribution in [0.15, 0.2) is 133 Å². The van der Waals surface area contributed by atoms with Crippen molar-refractivity contribution in [1.82, 2.24) is 14.1 Å². The molecule has 43 heavy (non-hydrogen) atoms. The molecule has 0 radical (unpaired) electrons. The van der Waals surface area contributed by atoms with E-state index >= 15 is 0 Å². The number of nitrogens with zero attached hydrogens (tertiary/aromatic N) is 4. The number of thiazole rings is 1. The molecule has 5 heteroatoms. The summed E-state index contributed by atoms with van der Waals surface area (Å²) >= 11 is 1.68. The van der Waals surface area contributed by atoms with Crippen LogP contribution in [0.3, 0.4) is 0 Å². The van der Waals surface area contributed by atoms with E-state index in [1.807, 2.05) is 6.07 Å². The van der Waals surface area contributed by atoms with Crippen LogP contribution < -0.4 is 0 Å². The minimum absolute atomic E-state index is 0.614. The number of aromatic nitrogens is 3. The predicted molar refractivity (Wildman–Crippen MR) is 178 cm³/mol. The lowest BCUT2D eigenvalue weighted by molar-refractivity contribution is 1.12. The normalized spacial score (nSPS) is 11.7. The highest BCUT2D eigenvalue weighted by Crippen LogP contribution is 2.41. The molecule has 4 nitrogen and oxygen atoms in total. The summed E-state index contributed by atoms with van der Waals surface area (Å²) in [5.41, 5.74) is 8.51. The van der Waals surface area contributed by atoms with E-state index in [0.29, 0.717) is 5.56 Å². The molecule has 0 aliphatic carbocycles. The van der Waals surface area contributed by atoms with Crippen LogP contribution in [0.5, 0.6) is 0 Å². The van der Waals surface area contributed by atoms with Crippen LogP contribution in [-0.2, 0) is 0 Å². The second-order valence-corrected chi connectivity index (χ2v) is 11.8. The number of nitriles is 1. The summed E-state index contributed by atoms with van der Waals surface area (Å²) in [6.07, 6.45) is 0. The lowest BCUT2D eigenvalue weighted by atomic mass is 10.1. The SMILES string of the molecule is N#Cc1c(-n2c3ccccc3c3ccccc32)cc(-c2nc3ccccc3s2)cc1-n1c2ccccc2c2ccccc21. The number of hydrogen-bond acceptors (Lipinski definition) is 3. The van der Waals surface area contributed by atoms with Crippen LogP contribution in [0.2, 0.25) is 0 Å². The monoisotopic (exact) mass is 566 g/mol. The van der Waals surface area contributed by atoms with Gasteiger partial charge in [0.2, 0.25) is 0 Å². The van der Waals surface area contributed by atoms with Gasteiger partial charge < -0.3 is 9.13 Å². The van der Waals surface area contributed by atoms with Crippen LogP contribution in [-0.4, -0.2) is 14.1 Å². The Morgan fingerprint density at radius 3 is 1.40 bits per heavy atom. The van der Waals surface area contributed by atoms with E-state index in [9.17, 15) is 5.26 Å². The molecule has 200 valence electrons. The Labute approximate surface area is 250 Å². The summed E-state index contributed by atoms with van der Waals surface area (Å²) in [6.45, 7) is 0. The Bertz CT molecular complexity index is 2320. The van der Waals surface area contributed by atoms with Crippen molar-refractivity contribution < 1.29 is 0 Å². The van der Waals surface area contributed by atoms with Crippen LogP contribution in [0.25, 0.3) is 75.8 Å². The van der Waals surface area contributed by atoms with E-state index in [-0.39, 0.29) is 0 Å². The first-order chi connectivity index (χ1) is 21.3. The van der Waals surface area contributed by atoms with Gasteiger partial charge in [0.05, 0.1) is 43.7 Å². The second kappa shape index (κ2) is 9.15. The number of hydrogen-bond donors (Lipinski definition) is 0. The molecule has 0 unspecified atom stereocenters. The zero-order valence-electron chi connectivity index (χ0n) is 22.9. The summed E-state index contributed by atoms with van der Waals surface area (Å²) in [5, 5.41) is 16.5. The summed E-state index contributed by atoms with van der Waals surface area (Å²) in [7, 11) is 0. The number of rotatable bonds is 3. The van der Waals surface area contributed by atoms with E-state index < -0.39 is 0 Å². The van der Waals surface area contributed by atoms with Gasteiger partial charge in [-0.25, -0.2) is 4.98 Å². The molecule has 6 aromatic carbocycles. The van der Waals surface area contributed by atoms with Crippen LogP contribution >= 0.6 is 11.3 Å². The lowest BCUT2D eigenvalue weighted by Crippen LogP contribution is -2.05. The minimum Gasteiger partial charge on any atom is -0.308 e. The molecule has 3 aromatic heterocycles. The summed E-state index contributed by atoms with van der Waals surface area (Å²) in [4.78, 5) is 5.05. The quantitative estimate of drug-likeness (QED) is 0.214. The van der Waals surface area contributed by atoms with Gasteiger partial charge in [-0.1, -0.05) is 84.9 Å². The second-order valence-electron chi connectivity index (χ2n) is 10.7. The van der Waals surface area contributed by atoms with E-state index in [0.717, 1.165) is 75.8 Å². The molecule has 9 aromatic rings. The van der Waals surface area contributed by atoms with Crippen molar-refractivity contribution in [3.8, 4) is 28.0 Å². The van der Waals surface area contributed by atoms with Crippen molar-refractivity contribution in [2.24, 2.45) is 0 Å². The molecule has 0 atom stereocenters. The van der Waals surface area contributed by atoms with Gasteiger partial charge in [0, 0.05) is 27.1 Å². The zero-order chi connectivity index (χ0) is 28.5. The Kier molecular flexibility index (Phi) is 5.10. The molecule has 0 N–H and O–H groups in total. The van der Waals surface area contributed by atoms with E-state index in [2.05, 4.69) is 143 Å². The maximum absolute atomic E-state index is 11.0. The smallest absolute Gasteiger partial charge is 0.124 e. The Balaban J connectivity index is 1.47. The van der Waals surface area contributed by atoms with Crippen molar-refractivity contribution >= 4 is 65.2 Å². The fourth-order valence-corrected chi connectivity index (χ4v) is 7.52. The van der Waals surface area contributed by atoms with Gasteiger partial charge in [-0.3, -0.25) is 0 Å². The number of para-hydroxylation sites is 5. The van der Waals surface area contributed by atoms with Crippen LogP contribution in [0.4, 0.5) is 0 Å². The first-order valence-corrected chi connectivity index (χ1v) is 15.0. The standard InChI is InChI=1S/C38H22N4S/c39-23-29-35(41-31-16-6-1-11-25(31)26-12-2-7-17-32(26)41)21-24(38-40-30-15-5-10-20-37(30)43-38)22-36(29)42-33-18-8-3-13-27(33)28-14-4-9-19-34(28)42/h1-22H. The van der Waals surface area contributed by atoms with Gasteiger partial charge in [-0.2, -0.15) is 5.26 Å². The summed E-state index contributed by atoms with van der Waals surface area (Å²) in [5.74, 6) is 0. The molecule has 0 spiro atoms. The molecular formula is C38H22N4S. The Hall–Kier alpha value is -5.70. The van der Waals surface area contributed by atoms with Gasteiger partial charge in [0.1, 0.15) is 16.6 Å². The highest BCUT2D eigenvalue weighted by atomic mass is 32.1. The fourth-order valence-electron chi connectivity index (χ4n) is 6.56. The predicted octanol–water partition coefficient (Wildman–Crippen LogP) is 10.0. The molecule has 0 saturated heterocycles. The van der Waals surface area contributed by atoms with Gasteiger partial charge in [0.25, 0.3) is 0 Å². The minimum atomic E-state index is 0.614. The molecule has 0 aliphatic heterocycles. The Morgan fingerprint density at radius 2 is 0.953 bits per heavy atom. The van der Waals surface area contributed by atoms with Gasteiger partial charge >= 0.3 is 0 Å². The molecule has 0 amide bonds. The fraction of sp³-hybridized carbons (Fsp3) is 0. The van der Waals surface area contributed by atoms with E-state index in [1.165, 1.54) is 0 Å². The average molecular weight is 567 g/mol. The summed E-state index contributed by atoms with van der Waals surface area (Å²) in [6, 6.07) is 48.9. The average Bonchev–Trinajstić information content (AvgIpc) is 3.74. The molecule has 0 saturated carbocycles. The molecular weight excluding hydrogens is 545 g/mol. The maximum Gasteiger partial charge on any atom is 0.124 e. The van der Waals surface area contributed by atoms with Crippen LogP contribution in [0.1, 0.15) is 5.56 Å². The number of fused-ring (bicyclic) bond motifs is 7. The third-order valence-corrected chi connectivity index (χ3v) is 9.48. The molecule has 0 fully saturated rings. The summed E-state index contributed by atoms with van der Waals surface area (Å²) < 4.78 is 5.63. The highest BCUT2D eigenvalue weighted by Gasteiger charge is 2.23. The van der Waals surface area contributed by atoms with Crippen LogP contribution in [0, 0.1) is 11.3 Å². The van der Waals surface area contributed by atoms with Gasteiger partial charge in [-0.05, 0) is 48.5 Å². The first-order valence-electron chi connectivity index (χ1n) is 14.2.